The quantitative estimate of drug-likeness (QED) is 0.505. The average Bonchev–Trinajstić information content (AvgIpc) is 1.88. The Morgan fingerprint density at radius 3 is 3.11 bits per heavy atom. The summed E-state index contributed by atoms with van der Waals surface area (Å²) in [5.74, 6) is 0. The highest BCUT2D eigenvalue weighted by atomic mass is 16.7. The van der Waals surface area contributed by atoms with E-state index in [1.807, 2.05) is 0 Å². The normalized spacial score (nSPS) is 26.9. The van der Waals surface area contributed by atoms with E-state index in [2.05, 4.69) is 4.99 Å². The number of hydrogen-bond acceptors (Lipinski definition) is 4. The van der Waals surface area contributed by atoms with Crippen molar-refractivity contribution in [2.45, 2.75) is 6.04 Å². The van der Waals surface area contributed by atoms with Crippen LogP contribution in [-0.4, -0.2) is 37.6 Å². The lowest BCUT2D eigenvalue weighted by Crippen LogP contribution is -2.41. The number of hydrogen-bond donors (Lipinski definition) is 1. The highest BCUT2D eigenvalue weighted by Gasteiger charge is 2.10. The second-order valence-electron chi connectivity index (χ2n) is 2.02. The van der Waals surface area contributed by atoms with Gasteiger partial charge in [-0.2, -0.15) is 0 Å². The minimum Gasteiger partial charge on any atom is -0.325 e. The fourth-order valence-corrected chi connectivity index (χ4v) is 0.731. The van der Waals surface area contributed by atoms with Gasteiger partial charge in [0, 0.05) is 6.04 Å². The first-order valence-corrected chi connectivity index (χ1v) is 2.89. The molecule has 0 radical (unpaired) electrons. The minimum atomic E-state index is 0.120. The summed E-state index contributed by atoms with van der Waals surface area (Å²) in [5.41, 5.74) is 5.57. The third-order valence-electron chi connectivity index (χ3n) is 1.20. The topological polar surface area (TPSA) is 50.8 Å². The maximum atomic E-state index is 5.57. The molecule has 4 heteroatoms. The fraction of sp³-hybridized carbons (Fsp3) is 0.800. The lowest BCUT2D eigenvalue weighted by Gasteiger charge is -2.23. The molecule has 0 aromatic carbocycles. The smallest absolute Gasteiger partial charge is 0.110 e. The predicted molar refractivity (Wildman–Crippen MR) is 35.0 cm³/mol. The molecule has 0 spiro atoms. The van der Waals surface area contributed by atoms with Crippen LogP contribution in [0.5, 0.6) is 0 Å². The van der Waals surface area contributed by atoms with Crippen LogP contribution in [-0.2, 0) is 4.84 Å². The lowest BCUT2D eigenvalue weighted by atomic mass is 10.3. The van der Waals surface area contributed by atoms with Crippen LogP contribution in [0, 0.1) is 0 Å². The van der Waals surface area contributed by atoms with Gasteiger partial charge >= 0.3 is 0 Å². The molecule has 0 aromatic heterocycles. The van der Waals surface area contributed by atoms with Crippen LogP contribution >= 0.6 is 0 Å². The molecule has 0 amide bonds. The Bertz CT molecular complexity index is 115. The standard InChI is InChI=1S/C5H11N3O/c1-9-8-3-5(6)2-7-4-8/h4-5H,2-3,6H2,1H3. The van der Waals surface area contributed by atoms with E-state index < -0.39 is 0 Å². The number of nitrogens with two attached hydrogens (primary N) is 1. The Labute approximate surface area is 54.3 Å². The molecule has 1 rings (SSSR count). The molecule has 0 fully saturated rings. The van der Waals surface area contributed by atoms with Crippen molar-refractivity contribution in [2.75, 3.05) is 20.2 Å². The van der Waals surface area contributed by atoms with E-state index in [1.54, 1.807) is 18.5 Å². The van der Waals surface area contributed by atoms with Gasteiger partial charge in [0.1, 0.15) is 6.34 Å². The van der Waals surface area contributed by atoms with Crippen LogP contribution in [0.2, 0.25) is 0 Å². The summed E-state index contributed by atoms with van der Waals surface area (Å²) in [6.07, 6.45) is 1.66. The number of nitrogens with zero attached hydrogens (tertiary/aromatic N) is 2. The van der Waals surface area contributed by atoms with Gasteiger partial charge in [0.2, 0.25) is 0 Å². The van der Waals surface area contributed by atoms with Crippen molar-refractivity contribution in [2.24, 2.45) is 10.7 Å². The third-order valence-corrected chi connectivity index (χ3v) is 1.20. The monoisotopic (exact) mass is 129 g/mol. The molecule has 0 aliphatic carbocycles. The average molecular weight is 129 g/mol. The molecular weight excluding hydrogens is 118 g/mol. The molecule has 1 heterocycles. The van der Waals surface area contributed by atoms with Crippen molar-refractivity contribution < 1.29 is 4.84 Å². The summed E-state index contributed by atoms with van der Waals surface area (Å²) in [7, 11) is 1.60. The van der Waals surface area contributed by atoms with Gasteiger partial charge < -0.3 is 5.73 Å². The highest BCUT2D eigenvalue weighted by molar-refractivity contribution is 5.54. The zero-order chi connectivity index (χ0) is 6.69. The summed E-state index contributed by atoms with van der Waals surface area (Å²) < 4.78 is 0. The van der Waals surface area contributed by atoms with Gasteiger partial charge in [-0.3, -0.25) is 9.83 Å². The van der Waals surface area contributed by atoms with Crippen LogP contribution in [0.3, 0.4) is 0 Å². The largest absolute Gasteiger partial charge is 0.325 e. The van der Waals surface area contributed by atoms with Crippen LogP contribution in [0.4, 0.5) is 0 Å². The van der Waals surface area contributed by atoms with E-state index in [4.69, 9.17) is 10.6 Å². The van der Waals surface area contributed by atoms with Gasteiger partial charge in [-0.25, -0.2) is 5.06 Å². The maximum Gasteiger partial charge on any atom is 0.110 e. The van der Waals surface area contributed by atoms with Gasteiger partial charge in [0.25, 0.3) is 0 Å². The van der Waals surface area contributed by atoms with Crippen molar-refractivity contribution in [3.05, 3.63) is 0 Å². The zero-order valence-corrected chi connectivity index (χ0v) is 5.45. The molecular formula is C5H11N3O. The first-order chi connectivity index (χ1) is 4.33. The van der Waals surface area contributed by atoms with Gasteiger partial charge in [0.15, 0.2) is 0 Å². The fourth-order valence-electron chi connectivity index (χ4n) is 0.731. The summed E-state index contributed by atoms with van der Waals surface area (Å²) in [6, 6.07) is 0.120. The second-order valence-corrected chi connectivity index (χ2v) is 2.02. The van der Waals surface area contributed by atoms with Crippen LogP contribution in [0.1, 0.15) is 0 Å². The maximum absolute atomic E-state index is 5.57. The summed E-state index contributed by atoms with van der Waals surface area (Å²) in [4.78, 5) is 8.83. The van der Waals surface area contributed by atoms with E-state index in [1.165, 1.54) is 0 Å². The first kappa shape index (κ1) is 6.51. The molecule has 0 bridgehead atoms. The molecule has 0 saturated carbocycles. The Kier molecular flexibility index (Phi) is 2.02. The summed E-state index contributed by atoms with van der Waals surface area (Å²) in [6.45, 7) is 1.44. The number of rotatable bonds is 1. The Hall–Kier alpha value is -0.610. The van der Waals surface area contributed by atoms with Crippen molar-refractivity contribution in [1.82, 2.24) is 5.06 Å². The van der Waals surface area contributed by atoms with E-state index in [-0.39, 0.29) is 6.04 Å². The van der Waals surface area contributed by atoms with Crippen LogP contribution in [0.25, 0.3) is 0 Å². The van der Waals surface area contributed by atoms with E-state index in [9.17, 15) is 0 Å². The SMILES string of the molecule is CON1C=NCC(N)C1. The van der Waals surface area contributed by atoms with Crippen LogP contribution < -0.4 is 5.73 Å². The van der Waals surface area contributed by atoms with Gasteiger partial charge in [0.05, 0.1) is 20.2 Å². The summed E-state index contributed by atoms with van der Waals surface area (Å²) in [5, 5.41) is 1.62. The molecule has 52 valence electrons. The first-order valence-electron chi connectivity index (χ1n) is 2.89. The van der Waals surface area contributed by atoms with Crippen molar-refractivity contribution >= 4 is 6.34 Å². The Balaban J connectivity index is 2.39. The molecule has 1 atom stereocenters. The highest BCUT2D eigenvalue weighted by Crippen LogP contribution is 1.93. The Morgan fingerprint density at radius 2 is 2.67 bits per heavy atom. The zero-order valence-electron chi connectivity index (χ0n) is 5.45. The van der Waals surface area contributed by atoms with E-state index in [0.29, 0.717) is 6.54 Å². The van der Waals surface area contributed by atoms with Gasteiger partial charge in [-0.05, 0) is 0 Å². The molecule has 2 N–H and O–H groups in total. The summed E-state index contributed by atoms with van der Waals surface area (Å²) >= 11 is 0. The molecule has 9 heavy (non-hydrogen) atoms. The molecule has 0 saturated heterocycles. The number of hydroxylamine groups is 2. The second kappa shape index (κ2) is 2.80. The number of aliphatic imine (C=N–C) groups is 1. The van der Waals surface area contributed by atoms with E-state index >= 15 is 0 Å². The molecule has 1 aliphatic rings. The molecule has 1 unspecified atom stereocenters. The molecule has 0 aromatic rings. The van der Waals surface area contributed by atoms with Crippen molar-refractivity contribution in [3.63, 3.8) is 0 Å². The lowest BCUT2D eigenvalue weighted by molar-refractivity contribution is -0.0660. The third kappa shape index (κ3) is 1.65. The molecule has 4 nitrogen and oxygen atoms in total. The van der Waals surface area contributed by atoms with Crippen LogP contribution in [0.15, 0.2) is 4.99 Å². The predicted octanol–water partition coefficient (Wildman–Crippen LogP) is -0.781. The molecule has 1 aliphatic heterocycles. The Morgan fingerprint density at radius 1 is 1.89 bits per heavy atom. The van der Waals surface area contributed by atoms with Crippen molar-refractivity contribution in [3.8, 4) is 0 Å². The van der Waals surface area contributed by atoms with Gasteiger partial charge in [-0.1, -0.05) is 0 Å². The van der Waals surface area contributed by atoms with Crippen molar-refractivity contribution in [1.29, 1.82) is 0 Å². The van der Waals surface area contributed by atoms with E-state index in [0.717, 1.165) is 6.54 Å². The minimum absolute atomic E-state index is 0.120. The van der Waals surface area contributed by atoms with Gasteiger partial charge in [-0.15, -0.1) is 0 Å².